The Morgan fingerprint density at radius 3 is 2.25 bits per heavy atom. The number of hydrogen-bond donors (Lipinski definition) is 2. The highest BCUT2D eigenvalue weighted by Crippen LogP contribution is 2.33. The second kappa shape index (κ2) is 13.3. The monoisotopic (exact) mass is 660 g/mol. The third-order valence-electron chi connectivity index (χ3n) is 9.57. The molecule has 3 aromatic rings. The number of benzene rings is 2. The van der Waals surface area contributed by atoms with Gasteiger partial charge < -0.3 is 10.2 Å². The molecule has 0 bridgehead atoms. The van der Waals surface area contributed by atoms with Crippen molar-refractivity contribution < 1.29 is 9.59 Å². The molecule has 1 unspecified atom stereocenters. The molecule has 2 N–H and O–H groups in total. The number of imide groups is 1. The Balaban J connectivity index is 1.00. The molecule has 0 aliphatic carbocycles. The topological polar surface area (TPSA) is 99.6 Å². The van der Waals surface area contributed by atoms with Gasteiger partial charge in [0.2, 0.25) is 11.8 Å². The summed E-state index contributed by atoms with van der Waals surface area (Å²) in [6, 6.07) is 17.9. The Kier molecular flexibility index (Phi) is 9.30. The van der Waals surface area contributed by atoms with Gasteiger partial charge in [-0.1, -0.05) is 48.5 Å². The van der Waals surface area contributed by atoms with Crippen LogP contribution in [0.1, 0.15) is 72.1 Å². The van der Waals surface area contributed by atoms with Crippen molar-refractivity contribution in [3.63, 3.8) is 0 Å². The number of halogens is 1. The van der Waals surface area contributed by atoms with Crippen LogP contribution in [0.3, 0.4) is 0 Å². The van der Waals surface area contributed by atoms with Gasteiger partial charge in [0.05, 0.1) is 17.8 Å². The van der Waals surface area contributed by atoms with Crippen LogP contribution >= 0.6 is 15.9 Å². The molecule has 3 saturated heterocycles. The van der Waals surface area contributed by atoms with E-state index in [4.69, 9.17) is 0 Å². The van der Waals surface area contributed by atoms with Gasteiger partial charge in [0.25, 0.3) is 5.56 Å². The van der Waals surface area contributed by atoms with Crippen LogP contribution in [0, 0.1) is 0 Å². The maximum Gasteiger partial charge on any atom is 0.282 e. The first-order valence-electron chi connectivity index (χ1n) is 15.6. The minimum atomic E-state index is -0.224. The smallest absolute Gasteiger partial charge is 0.282 e. The summed E-state index contributed by atoms with van der Waals surface area (Å²) in [6.45, 7) is 5.01. The molecule has 6 rings (SSSR count). The van der Waals surface area contributed by atoms with Crippen molar-refractivity contribution in [1.82, 2.24) is 24.9 Å². The lowest BCUT2D eigenvalue weighted by Crippen LogP contribution is -2.43. The molecule has 3 aliphatic heterocycles. The number of piperidine rings is 3. The second-order valence-corrected chi connectivity index (χ2v) is 13.6. The minimum Gasteiger partial charge on any atom is -0.379 e. The zero-order chi connectivity index (χ0) is 30.8. The highest BCUT2D eigenvalue weighted by Gasteiger charge is 2.29. The van der Waals surface area contributed by atoms with Gasteiger partial charge in [-0.2, -0.15) is 5.10 Å². The average molecular weight is 662 g/mol. The van der Waals surface area contributed by atoms with Crippen LogP contribution in [0.5, 0.6) is 0 Å². The lowest BCUT2D eigenvalue weighted by atomic mass is 9.86. The van der Waals surface area contributed by atoms with E-state index in [0.29, 0.717) is 29.2 Å². The molecule has 2 aromatic carbocycles. The quantitative estimate of drug-likeness (QED) is 0.364. The van der Waals surface area contributed by atoms with Gasteiger partial charge in [-0.15, -0.1) is 0 Å². The van der Waals surface area contributed by atoms with E-state index in [9.17, 15) is 14.4 Å². The summed E-state index contributed by atoms with van der Waals surface area (Å²) in [4.78, 5) is 40.9. The van der Waals surface area contributed by atoms with Crippen molar-refractivity contribution in [2.24, 2.45) is 7.05 Å². The number of nitrogens with one attached hydrogen (secondary N) is 2. The van der Waals surface area contributed by atoms with Crippen molar-refractivity contribution >= 4 is 33.4 Å². The molecule has 3 fully saturated rings. The van der Waals surface area contributed by atoms with E-state index < -0.39 is 0 Å². The summed E-state index contributed by atoms with van der Waals surface area (Å²) >= 11 is 3.44. The molecule has 0 spiro atoms. The number of likely N-dealkylation sites (N-methyl/N-ethyl adjacent to an activating group) is 1. The van der Waals surface area contributed by atoms with Gasteiger partial charge >= 0.3 is 0 Å². The fourth-order valence-electron chi connectivity index (χ4n) is 7.09. The van der Waals surface area contributed by atoms with Crippen LogP contribution < -0.4 is 16.2 Å². The van der Waals surface area contributed by atoms with E-state index >= 15 is 0 Å². The highest BCUT2D eigenvalue weighted by molar-refractivity contribution is 9.10. The summed E-state index contributed by atoms with van der Waals surface area (Å²) in [6.07, 6.45) is 5.95. The Morgan fingerprint density at radius 2 is 1.55 bits per heavy atom. The summed E-state index contributed by atoms with van der Waals surface area (Å²) in [5, 5.41) is 10.2. The van der Waals surface area contributed by atoms with Crippen LogP contribution in [-0.2, 0) is 23.2 Å². The third-order valence-corrected chi connectivity index (χ3v) is 10.3. The number of carbonyl (C=O) groups excluding carboxylic acids is 2. The zero-order valence-electron chi connectivity index (χ0n) is 25.5. The number of carbonyl (C=O) groups is 2. The third kappa shape index (κ3) is 6.98. The number of anilines is 1. The van der Waals surface area contributed by atoms with E-state index in [2.05, 4.69) is 97.0 Å². The SMILES string of the molecule is CN1C[C@@H](Nc2cnn(C)c(=O)c2Br)C[C@@H](c2ccc(CN3CCC(c4ccc(C5CCC(=O)NC5=O)cc4)CC3)cc2)C1. The number of likely N-dealkylation sites (tertiary alicyclic amines) is 2. The molecule has 9 nitrogen and oxygen atoms in total. The maximum atomic E-state index is 12.3. The van der Waals surface area contributed by atoms with Gasteiger partial charge in [-0.25, -0.2) is 4.68 Å². The van der Waals surface area contributed by atoms with Crippen LogP contribution in [0.25, 0.3) is 0 Å². The number of amides is 2. The minimum absolute atomic E-state index is 0.142. The molecule has 4 heterocycles. The lowest BCUT2D eigenvalue weighted by Gasteiger charge is -2.37. The number of hydrogen-bond acceptors (Lipinski definition) is 7. The Labute approximate surface area is 267 Å². The van der Waals surface area contributed by atoms with E-state index in [0.717, 1.165) is 63.2 Å². The molecule has 1 aromatic heterocycles. The van der Waals surface area contributed by atoms with Gasteiger partial charge in [0.15, 0.2) is 0 Å². The molecule has 3 aliphatic rings. The normalized spacial score (nSPS) is 23.8. The Hall–Kier alpha value is -3.34. The van der Waals surface area contributed by atoms with E-state index in [-0.39, 0.29) is 29.3 Å². The van der Waals surface area contributed by atoms with Gasteiger partial charge in [-0.3, -0.25) is 24.6 Å². The second-order valence-electron chi connectivity index (χ2n) is 12.8. The van der Waals surface area contributed by atoms with Crippen LogP contribution in [-0.4, -0.2) is 70.7 Å². The Bertz CT molecular complexity index is 1550. The first-order chi connectivity index (χ1) is 21.2. The average Bonchev–Trinajstić information content (AvgIpc) is 3.02. The summed E-state index contributed by atoms with van der Waals surface area (Å²) in [5.74, 6) is 0.375. The standard InChI is InChI=1S/C34H41BrN6O3/c1-39-20-27(17-28(21-39)37-30-18-36-40(2)34(44)32(30)35)24-5-3-22(4-6-24)19-41-15-13-25(14-16-41)23-7-9-26(10-8-23)29-11-12-31(42)38-33(29)43/h3-10,18,25,27-29,37H,11-17,19-21H2,1-2H3,(H,38,42,43)/t27-,28+,29?/m1/s1. The summed E-state index contributed by atoms with van der Waals surface area (Å²) < 4.78 is 1.86. The van der Waals surface area contributed by atoms with Crippen molar-refractivity contribution in [1.29, 1.82) is 0 Å². The van der Waals surface area contributed by atoms with Crippen molar-refractivity contribution in [3.05, 3.63) is 91.8 Å². The van der Waals surface area contributed by atoms with Crippen molar-refractivity contribution in [2.45, 2.75) is 62.4 Å². The predicted molar refractivity (Wildman–Crippen MR) is 175 cm³/mol. The number of aryl methyl sites for hydroxylation is 1. The van der Waals surface area contributed by atoms with Crippen LogP contribution in [0.4, 0.5) is 5.69 Å². The molecule has 10 heteroatoms. The van der Waals surface area contributed by atoms with E-state index in [1.54, 1.807) is 13.2 Å². The Morgan fingerprint density at radius 1 is 0.886 bits per heavy atom. The number of aromatic nitrogens is 2. The molecule has 0 saturated carbocycles. The molecule has 3 atom stereocenters. The molecule has 2 amide bonds. The summed E-state index contributed by atoms with van der Waals surface area (Å²) in [7, 11) is 3.81. The maximum absolute atomic E-state index is 12.3. The fraction of sp³-hybridized carbons (Fsp3) is 0.471. The number of rotatable bonds is 7. The van der Waals surface area contributed by atoms with Gasteiger partial charge in [0, 0.05) is 39.1 Å². The summed E-state index contributed by atoms with van der Waals surface area (Å²) in [5.41, 5.74) is 5.64. The first kappa shape index (κ1) is 30.7. The highest BCUT2D eigenvalue weighted by atomic mass is 79.9. The van der Waals surface area contributed by atoms with E-state index in [1.165, 1.54) is 21.4 Å². The molecule has 232 valence electrons. The lowest BCUT2D eigenvalue weighted by molar-refractivity contribution is -0.134. The van der Waals surface area contributed by atoms with Gasteiger partial charge in [0.1, 0.15) is 4.47 Å². The largest absolute Gasteiger partial charge is 0.379 e. The fourth-order valence-corrected chi connectivity index (χ4v) is 7.56. The molecule has 44 heavy (non-hydrogen) atoms. The molecule has 0 radical (unpaired) electrons. The predicted octanol–water partition coefficient (Wildman–Crippen LogP) is 4.34. The van der Waals surface area contributed by atoms with E-state index in [1.807, 2.05) is 0 Å². The van der Waals surface area contributed by atoms with Gasteiger partial charge in [-0.05, 0) is 95.8 Å². The van der Waals surface area contributed by atoms with Crippen molar-refractivity contribution in [3.8, 4) is 0 Å². The van der Waals surface area contributed by atoms with Crippen LogP contribution in [0.15, 0.2) is 64.0 Å². The van der Waals surface area contributed by atoms with Crippen LogP contribution in [0.2, 0.25) is 0 Å². The van der Waals surface area contributed by atoms with Crippen molar-refractivity contribution in [2.75, 3.05) is 38.5 Å². The first-order valence-corrected chi connectivity index (χ1v) is 16.4. The number of nitrogens with zero attached hydrogens (tertiary/aromatic N) is 4. The molecular weight excluding hydrogens is 620 g/mol. The zero-order valence-corrected chi connectivity index (χ0v) is 27.1. The molecular formula is C34H41BrN6O3.